The topological polar surface area (TPSA) is 46.6 Å². The predicted molar refractivity (Wildman–Crippen MR) is 83.6 cm³/mol. The summed E-state index contributed by atoms with van der Waals surface area (Å²) in [6.07, 6.45) is 3.52. The van der Waals surface area contributed by atoms with E-state index in [0.29, 0.717) is 5.56 Å². The van der Waals surface area contributed by atoms with Crippen LogP contribution in [0.3, 0.4) is 0 Å². The fourth-order valence-electron chi connectivity index (χ4n) is 3.55. The summed E-state index contributed by atoms with van der Waals surface area (Å²) in [6, 6.07) is 5.47. The number of hydrogen-bond acceptors (Lipinski definition) is 3. The van der Waals surface area contributed by atoms with Gasteiger partial charge in [-0.15, -0.1) is 0 Å². The highest BCUT2D eigenvalue weighted by atomic mass is 19.1. The fraction of sp³-hybridized carbons (Fsp3) is 0.556. The van der Waals surface area contributed by atoms with Gasteiger partial charge in [0.05, 0.1) is 6.61 Å². The normalized spacial score (nSPS) is 24.1. The monoisotopic (exact) mass is 319 g/mol. The maximum Gasteiger partial charge on any atom is 0.223 e. The Balaban J connectivity index is 1.52. The van der Waals surface area contributed by atoms with Gasteiger partial charge < -0.3 is 9.64 Å². The van der Waals surface area contributed by atoms with Crippen molar-refractivity contribution in [3.05, 3.63) is 35.6 Å². The Morgan fingerprint density at radius 1 is 1.17 bits per heavy atom. The second-order valence-electron chi connectivity index (χ2n) is 6.65. The number of piperidine rings is 1. The van der Waals surface area contributed by atoms with Crippen LogP contribution < -0.4 is 0 Å². The van der Waals surface area contributed by atoms with Crippen molar-refractivity contribution < 1.29 is 18.7 Å². The average Bonchev–Trinajstić information content (AvgIpc) is 3.00. The van der Waals surface area contributed by atoms with Gasteiger partial charge in [0.15, 0.2) is 5.78 Å². The highest BCUT2D eigenvalue weighted by molar-refractivity contribution is 5.97. The average molecular weight is 319 g/mol. The van der Waals surface area contributed by atoms with Crippen molar-refractivity contribution in [2.24, 2.45) is 5.41 Å². The number of rotatable bonds is 4. The van der Waals surface area contributed by atoms with Gasteiger partial charge in [0.1, 0.15) is 5.82 Å². The first-order chi connectivity index (χ1) is 11.1. The van der Waals surface area contributed by atoms with Gasteiger partial charge in [-0.1, -0.05) is 0 Å². The van der Waals surface area contributed by atoms with Crippen LogP contribution in [-0.4, -0.2) is 42.9 Å². The van der Waals surface area contributed by atoms with Gasteiger partial charge in [0, 0.05) is 43.5 Å². The van der Waals surface area contributed by atoms with Crippen molar-refractivity contribution in [3.63, 3.8) is 0 Å². The molecular formula is C18H22FNO3. The van der Waals surface area contributed by atoms with Crippen LogP contribution in [-0.2, 0) is 9.53 Å². The summed E-state index contributed by atoms with van der Waals surface area (Å²) in [7, 11) is 0. The molecule has 124 valence electrons. The van der Waals surface area contributed by atoms with E-state index in [1.165, 1.54) is 24.3 Å². The molecule has 1 unspecified atom stereocenters. The smallest absolute Gasteiger partial charge is 0.223 e. The van der Waals surface area contributed by atoms with Crippen molar-refractivity contribution in [2.45, 2.75) is 32.1 Å². The molecular weight excluding hydrogens is 297 g/mol. The first kappa shape index (κ1) is 16.1. The fourth-order valence-corrected chi connectivity index (χ4v) is 3.55. The number of ether oxygens (including phenoxy) is 1. The summed E-state index contributed by atoms with van der Waals surface area (Å²) in [5.74, 6) is -0.448. The minimum absolute atomic E-state index is 0.0337. The van der Waals surface area contributed by atoms with E-state index < -0.39 is 0 Å². The molecule has 0 radical (unpaired) electrons. The molecule has 2 saturated heterocycles. The Kier molecular flexibility index (Phi) is 4.76. The van der Waals surface area contributed by atoms with Crippen LogP contribution in [0.5, 0.6) is 0 Å². The van der Waals surface area contributed by atoms with Gasteiger partial charge in [-0.05, 0) is 43.5 Å². The van der Waals surface area contributed by atoms with E-state index in [2.05, 4.69) is 0 Å². The first-order valence-corrected chi connectivity index (χ1v) is 8.22. The van der Waals surface area contributed by atoms with E-state index in [1.54, 1.807) is 0 Å². The minimum atomic E-state index is -0.366. The standard InChI is InChI=1S/C18H22FNO3/c19-15-4-2-14(3-5-15)16(21)6-7-17(22)20-10-1-8-18(12-20)9-11-23-13-18/h2-5H,1,6-13H2. The highest BCUT2D eigenvalue weighted by Crippen LogP contribution is 2.37. The molecule has 0 N–H and O–H groups in total. The third-order valence-corrected chi connectivity index (χ3v) is 4.93. The van der Waals surface area contributed by atoms with Crippen LogP contribution in [0, 0.1) is 11.2 Å². The zero-order valence-electron chi connectivity index (χ0n) is 13.2. The lowest BCUT2D eigenvalue weighted by Gasteiger charge is -2.39. The number of carbonyl (C=O) groups is 2. The third kappa shape index (κ3) is 3.78. The lowest BCUT2D eigenvalue weighted by molar-refractivity contribution is -0.134. The molecule has 1 amide bonds. The van der Waals surface area contributed by atoms with Gasteiger partial charge >= 0.3 is 0 Å². The van der Waals surface area contributed by atoms with Crippen LogP contribution in [0.15, 0.2) is 24.3 Å². The molecule has 2 fully saturated rings. The number of hydrogen-bond donors (Lipinski definition) is 0. The maximum atomic E-state index is 12.9. The highest BCUT2D eigenvalue weighted by Gasteiger charge is 2.40. The summed E-state index contributed by atoms with van der Waals surface area (Å²) in [5, 5.41) is 0. The van der Waals surface area contributed by atoms with Gasteiger partial charge in [0.25, 0.3) is 0 Å². The number of carbonyl (C=O) groups excluding carboxylic acids is 2. The molecule has 4 nitrogen and oxygen atoms in total. The summed E-state index contributed by atoms with van der Waals surface area (Å²) < 4.78 is 18.4. The van der Waals surface area contributed by atoms with E-state index in [9.17, 15) is 14.0 Å². The summed E-state index contributed by atoms with van der Waals surface area (Å²) in [6.45, 7) is 3.04. The lowest BCUT2D eigenvalue weighted by Crippen LogP contribution is -2.46. The van der Waals surface area contributed by atoms with E-state index in [-0.39, 0.29) is 35.8 Å². The molecule has 0 aliphatic carbocycles. The first-order valence-electron chi connectivity index (χ1n) is 8.22. The van der Waals surface area contributed by atoms with E-state index >= 15 is 0 Å². The number of Topliss-reactive ketones (excluding diaryl/α,β-unsaturated/α-hetero) is 1. The second-order valence-corrected chi connectivity index (χ2v) is 6.65. The molecule has 5 heteroatoms. The molecule has 2 aliphatic rings. The van der Waals surface area contributed by atoms with Crippen LogP contribution in [0.25, 0.3) is 0 Å². The molecule has 2 aliphatic heterocycles. The van der Waals surface area contributed by atoms with E-state index in [1.807, 2.05) is 4.90 Å². The molecule has 0 aromatic heterocycles. The van der Waals surface area contributed by atoms with Crippen molar-refractivity contribution in [3.8, 4) is 0 Å². The van der Waals surface area contributed by atoms with Crippen molar-refractivity contribution in [2.75, 3.05) is 26.3 Å². The predicted octanol–water partition coefficient (Wildman–Crippen LogP) is 2.82. The zero-order valence-corrected chi connectivity index (χ0v) is 13.2. The minimum Gasteiger partial charge on any atom is -0.381 e. The number of ketones is 1. The molecule has 1 aromatic rings. The molecule has 1 atom stereocenters. The second kappa shape index (κ2) is 6.79. The molecule has 2 heterocycles. The number of halogens is 1. The number of benzene rings is 1. The van der Waals surface area contributed by atoms with Crippen LogP contribution in [0.4, 0.5) is 4.39 Å². The number of nitrogens with zero attached hydrogens (tertiary/aromatic N) is 1. The van der Waals surface area contributed by atoms with Crippen LogP contribution in [0.2, 0.25) is 0 Å². The Morgan fingerprint density at radius 3 is 2.65 bits per heavy atom. The van der Waals surface area contributed by atoms with Gasteiger partial charge in [0.2, 0.25) is 5.91 Å². The Hall–Kier alpha value is -1.75. The molecule has 1 aromatic carbocycles. The van der Waals surface area contributed by atoms with Crippen molar-refractivity contribution in [1.82, 2.24) is 4.90 Å². The zero-order chi connectivity index (χ0) is 16.3. The van der Waals surface area contributed by atoms with E-state index in [0.717, 1.165) is 45.6 Å². The molecule has 1 spiro atoms. The summed E-state index contributed by atoms with van der Waals surface area (Å²) in [4.78, 5) is 26.4. The van der Waals surface area contributed by atoms with Crippen molar-refractivity contribution in [1.29, 1.82) is 0 Å². The summed E-state index contributed by atoms with van der Waals surface area (Å²) >= 11 is 0. The molecule has 0 saturated carbocycles. The SMILES string of the molecule is O=C(CCC(=O)N1CCCC2(CCOC2)C1)c1ccc(F)cc1. The maximum absolute atomic E-state index is 12.9. The Labute approximate surface area is 135 Å². The van der Waals surface area contributed by atoms with Crippen molar-refractivity contribution >= 4 is 11.7 Å². The molecule has 3 rings (SSSR count). The molecule has 0 bridgehead atoms. The Bertz CT molecular complexity index is 578. The van der Waals surface area contributed by atoms with Gasteiger partial charge in [-0.2, -0.15) is 0 Å². The number of likely N-dealkylation sites (tertiary alicyclic amines) is 1. The van der Waals surface area contributed by atoms with Crippen LogP contribution >= 0.6 is 0 Å². The van der Waals surface area contributed by atoms with Crippen LogP contribution in [0.1, 0.15) is 42.5 Å². The van der Waals surface area contributed by atoms with Gasteiger partial charge in [-0.3, -0.25) is 9.59 Å². The number of amides is 1. The Morgan fingerprint density at radius 2 is 1.96 bits per heavy atom. The largest absolute Gasteiger partial charge is 0.381 e. The summed E-state index contributed by atoms with van der Waals surface area (Å²) in [5.41, 5.74) is 0.591. The van der Waals surface area contributed by atoms with E-state index in [4.69, 9.17) is 4.74 Å². The quantitative estimate of drug-likeness (QED) is 0.802. The molecule has 23 heavy (non-hydrogen) atoms. The third-order valence-electron chi connectivity index (χ3n) is 4.93. The lowest BCUT2D eigenvalue weighted by atomic mass is 9.79. The van der Waals surface area contributed by atoms with Gasteiger partial charge in [-0.25, -0.2) is 4.39 Å².